The molecule has 4 rings (SSSR count). The molecule has 1 fully saturated rings. The number of rotatable bonds is 6. The Morgan fingerprint density at radius 3 is 2.79 bits per heavy atom. The molecule has 0 radical (unpaired) electrons. The molecule has 3 heterocycles. The van der Waals surface area contributed by atoms with Crippen LogP contribution < -0.4 is 10.2 Å². The van der Waals surface area contributed by atoms with Gasteiger partial charge in [-0.15, -0.1) is 4.91 Å². The largest absolute Gasteiger partial charge is 0.436 e. The number of hydrogen-bond donors (Lipinski definition) is 1. The number of fused-ring (bicyclic) bond motifs is 1. The van der Waals surface area contributed by atoms with Gasteiger partial charge in [0.15, 0.2) is 5.82 Å². The summed E-state index contributed by atoms with van der Waals surface area (Å²) in [6, 6.07) is 6.33. The van der Waals surface area contributed by atoms with E-state index < -0.39 is 0 Å². The molecule has 2 aromatic heterocycles. The van der Waals surface area contributed by atoms with E-state index in [0.717, 1.165) is 0 Å². The standard InChI is InChI=1S/C20H20FN5O3/c1-2-22-20-14-11-15(21)17(26-7-9-28-10-8-26)12-16(14)23-18(24-20)5-3-13-4-6-19(25-27)29-13/h3-6,11-12H,2,7-10H2,1H3,(H,22,23,24)/b5-3+. The van der Waals surface area contributed by atoms with Crippen LogP contribution in [0.25, 0.3) is 23.1 Å². The van der Waals surface area contributed by atoms with Gasteiger partial charge < -0.3 is 19.4 Å². The second-order valence-electron chi connectivity index (χ2n) is 6.48. The lowest BCUT2D eigenvalue weighted by atomic mass is 10.1. The van der Waals surface area contributed by atoms with Crippen LogP contribution in [0, 0.1) is 10.7 Å². The Balaban J connectivity index is 1.74. The predicted octanol–water partition coefficient (Wildman–Crippen LogP) is 4.20. The zero-order chi connectivity index (χ0) is 20.2. The molecule has 9 heteroatoms. The second kappa shape index (κ2) is 8.36. The van der Waals surface area contributed by atoms with Crippen LogP contribution in [0.1, 0.15) is 18.5 Å². The predicted molar refractivity (Wildman–Crippen MR) is 110 cm³/mol. The highest BCUT2D eigenvalue weighted by Crippen LogP contribution is 2.29. The van der Waals surface area contributed by atoms with Gasteiger partial charge in [-0.05, 0) is 37.3 Å². The topological polar surface area (TPSA) is 92.9 Å². The summed E-state index contributed by atoms with van der Waals surface area (Å²) in [7, 11) is 0. The van der Waals surface area contributed by atoms with E-state index in [1.165, 1.54) is 12.1 Å². The maximum atomic E-state index is 14.8. The number of hydrogen-bond acceptors (Lipinski definition) is 8. The molecular weight excluding hydrogens is 377 g/mol. The van der Waals surface area contributed by atoms with Crippen LogP contribution in [0.5, 0.6) is 0 Å². The molecule has 0 aliphatic carbocycles. The average Bonchev–Trinajstić information content (AvgIpc) is 3.21. The van der Waals surface area contributed by atoms with Crippen LogP contribution in [0.4, 0.5) is 21.8 Å². The Kier molecular flexibility index (Phi) is 5.48. The van der Waals surface area contributed by atoms with Crippen LogP contribution in [0.3, 0.4) is 0 Å². The van der Waals surface area contributed by atoms with Crippen molar-refractivity contribution < 1.29 is 13.5 Å². The number of morpholine rings is 1. The van der Waals surface area contributed by atoms with Crippen LogP contribution in [0.2, 0.25) is 0 Å². The van der Waals surface area contributed by atoms with E-state index in [1.54, 1.807) is 24.3 Å². The molecular formula is C20H20FN5O3. The molecule has 150 valence electrons. The molecule has 0 atom stereocenters. The van der Waals surface area contributed by atoms with Gasteiger partial charge in [0.25, 0.3) is 5.88 Å². The molecule has 3 aromatic rings. The third kappa shape index (κ3) is 4.09. The molecule has 1 N–H and O–H groups in total. The first-order valence-electron chi connectivity index (χ1n) is 9.37. The minimum Gasteiger partial charge on any atom is -0.436 e. The summed E-state index contributed by atoms with van der Waals surface area (Å²) in [5, 5.41) is 6.53. The SMILES string of the molecule is CCNc1nc(/C=C/c2ccc(N=O)o2)nc2cc(N3CCOCC3)c(F)cc12. The molecule has 1 saturated heterocycles. The van der Waals surface area contributed by atoms with Gasteiger partial charge in [-0.25, -0.2) is 14.4 Å². The van der Waals surface area contributed by atoms with Crippen LogP contribution in [0.15, 0.2) is 33.9 Å². The van der Waals surface area contributed by atoms with E-state index in [4.69, 9.17) is 9.15 Å². The highest BCUT2D eigenvalue weighted by Gasteiger charge is 2.18. The number of ether oxygens (including phenoxy) is 1. The van der Waals surface area contributed by atoms with E-state index >= 15 is 0 Å². The fraction of sp³-hybridized carbons (Fsp3) is 0.300. The lowest BCUT2D eigenvalue weighted by molar-refractivity contribution is 0.122. The summed E-state index contributed by atoms with van der Waals surface area (Å²) in [5.74, 6) is 1.14. The molecule has 29 heavy (non-hydrogen) atoms. The van der Waals surface area contributed by atoms with Crippen molar-refractivity contribution >= 4 is 40.4 Å². The van der Waals surface area contributed by atoms with E-state index in [1.807, 2.05) is 11.8 Å². The number of nitrogens with one attached hydrogen (secondary N) is 1. The first kappa shape index (κ1) is 19.0. The van der Waals surface area contributed by atoms with Gasteiger partial charge in [-0.2, -0.15) is 0 Å². The van der Waals surface area contributed by atoms with Crippen molar-refractivity contribution in [1.82, 2.24) is 9.97 Å². The van der Waals surface area contributed by atoms with Crippen molar-refractivity contribution in [1.29, 1.82) is 0 Å². The number of benzene rings is 1. The molecule has 1 aliphatic rings. The fourth-order valence-corrected chi connectivity index (χ4v) is 3.22. The molecule has 0 saturated carbocycles. The number of halogens is 1. The first-order chi connectivity index (χ1) is 14.2. The van der Waals surface area contributed by atoms with Crippen LogP contribution >= 0.6 is 0 Å². The van der Waals surface area contributed by atoms with Gasteiger partial charge in [0.2, 0.25) is 0 Å². The number of nitrogens with zero attached hydrogens (tertiary/aromatic N) is 4. The molecule has 1 aliphatic heterocycles. The van der Waals surface area contributed by atoms with Crippen molar-refractivity contribution in [3.63, 3.8) is 0 Å². The van der Waals surface area contributed by atoms with Crippen molar-refractivity contribution in [2.24, 2.45) is 5.18 Å². The quantitative estimate of drug-likeness (QED) is 0.623. The normalized spacial score (nSPS) is 14.6. The minimum atomic E-state index is -0.310. The smallest absolute Gasteiger partial charge is 0.260 e. The molecule has 0 spiro atoms. The minimum absolute atomic E-state index is 0.00282. The summed E-state index contributed by atoms with van der Waals surface area (Å²) >= 11 is 0. The fourth-order valence-electron chi connectivity index (χ4n) is 3.22. The Morgan fingerprint density at radius 1 is 1.24 bits per heavy atom. The van der Waals surface area contributed by atoms with Gasteiger partial charge in [-0.1, -0.05) is 0 Å². The molecule has 1 aromatic carbocycles. The summed E-state index contributed by atoms with van der Waals surface area (Å²) in [6.07, 6.45) is 3.32. The second-order valence-corrected chi connectivity index (χ2v) is 6.48. The van der Waals surface area contributed by atoms with Crippen LogP contribution in [-0.2, 0) is 4.74 Å². The van der Waals surface area contributed by atoms with Gasteiger partial charge in [0.1, 0.15) is 17.4 Å². The van der Waals surface area contributed by atoms with Gasteiger partial charge >= 0.3 is 0 Å². The Hall–Kier alpha value is -3.33. The van der Waals surface area contributed by atoms with Crippen LogP contribution in [-0.4, -0.2) is 42.8 Å². The van der Waals surface area contributed by atoms with E-state index in [0.29, 0.717) is 66.8 Å². The first-order valence-corrected chi connectivity index (χ1v) is 9.37. The van der Waals surface area contributed by atoms with E-state index in [9.17, 15) is 9.30 Å². The van der Waals surface area contributed by atoms with Gasteiger partial charge in [0, 0.05) is 36.3 Å². The van der Waals surface area contributed by atoms with Crippen molar-refractivity contribution in [2.45, 2.75) is 6.92 Å². The number of furan rings is 1. The Morgan fingerprint density at radius 2 is 2.07 bits per heavy atom. The number of nitroso groups, excluding NO2 is 1. The molecule has 0 bridgehead atoms. The molecule has 8 nitrogen and oxygen atoms in total. The summed E-state index contributed by atoms with van der Waals surface area (Å²) in [5.41, 5.74) is 1.14. The van der Waals surface area contributed by atoms with Crippen molar-refractivity contribution in [2.75, 3.05) is 43.1 Å². The zero-order valence-corrected chi connectivity index (χ0v) is 15.9. The highest BCUT2D eigenvalue weighted by atomic mass is 19.1. The van der Waals surface area contributed by atoms with Gasteiger partial charge in [0.05, 0.1) is 24.4 Å². The zero-order valence-electron chi connectivity index (χ0n) is 15.9. The monoisotopic (exact) mass is 397 g/mol. The van der Waals surface area contributed by atoms with E-state index in [-0.39, 0.29) is 11.7 Å². The highest BCUT2D eigenvalue weighted by molar-refractivity contribution is 5.92. The van der Waals surface area contributed by atoms with E-state index in [2.05, 4.69) is 20.5 Å². The number of anilines is 2. The summed E-state index contributed by atoms with van der Waals surface area (Å²) < 4.78 is 25.4. The summed E-state index contributed by atoms with van der Waals surface area (Å²) in [4.78, 5) is 21.5. The lowest BCUT2D eigenvalue weighted by Gasteiger charge is -2.29. The summed E-state index contributed by atoms with van der Waals surface area (Å²) in [6.45, 7) is 4.97. The average molecular weight is 397 g/mol. The molecule has 0 unspecified atom stereocenters. The third-order valence-electron chi connectivity index (χ3n) is 4.58. The Bertz CT molecular complexity index is 1060. The molecule has 0 amide bonds. The maximum Gasteiger partial charge on any atom is 0.260 e. The Labute approximate surface area is 166 Å². The number of aromatic nitrogens is 2. The lowest BCUT2D eigenvalue weighted by Crippen LogP contribution is -2.36. The maximum absolute atomic E-state index is 14.8. The van der Waals surface area contributed by atoms with Gasteiger partial charge in [-0.3, -0.25) is 0 Å². The van der Waals surface area contributed by atoms with Crippen molar-refractivity contribution in [3.8, 4) is 0 Å². The third-order valence-corrected chi connectivity index (χ3v) is 4.58. The van der Waals surface area contributed by atoms with Crippen molar-refractivity contribution in [3.05, 3.63) is 46.6 Å².